The van der Waals surface area contributed by atoms with Crippen LogP contribution in [0, 0.1) is 10.1 Å². The van der Waals surface area contributed by atoms with E-state index in [-0.39, 0.29) is 17.5 Å². The van der Waals surface area contributed by atoms with Gasteiger partial charge in [0.25, 0.3) is 5.69 Å². The molecule has 0 bridgehead atoms. The van der Waals surface area contributed by atoms with Gasteiger partial charge in [0.1, 0.15) is 16.7 Å². The van der Waals surface area contributed by atoms with Gasteiger partial charge in [-0.05, 0) is 6.07 Å². The minimum Gasteiger partial charge on any atom is -0.487 e. The number of nitrogens with two attached hydrogens (primary N) is 1. The standard InChI is InChI=1S/C10H12N2O6S/c11-19(15,16)10-5-7(12(13)14)1-2-9(10)18-8-3-4-17-6-8/h1-2,5,8H,3-4,6H2,(H2,11,15,16). The molecule has 0 spiro atoms. The highest BCUT2D eigenvalue weighted by atomic mass is 32.2. The largest absolute Gasteiger partial charge is 0.487 e. The van der Waals surface area contributed by atoms with E-state index < -0.39 is 19.8 Å². The molecule has 2 N–H and O–H groups in total. The highest BCUT2D eigenvalue weighted by molar-refractivity contribution is 7.89. The van der Waals surface area contributed by atoms with Gasteiger partial charge in [-0.3, -0.25) is 10.1 Å². The quantitative estimate of drug-likeness (QED) is 0.632. The molecule has 19 heavy (non-hydrogen) atoms. The van der Waals surface area contributed by atoms with E-state index >= 15 is 0 Å². The van der Waals surface area contributed by atoms with Crippen molar-refractivity contribution in [2.24, 2.45) is 5.14 Å². The van der Waals surface area contributed by atoms with E-state index in [1.807, 2.05) is 0 Å². The fraction of sp³-hybridized carbons (Fsp3) is 0.400. The molecule has 9 heteroatoms. The second kappa shape index (κ2) is 5.11. The first kappa shape index (κ1) is 13.7. The number of non-ortho nitro benzene ring substituents is 1. The van der Waals surface area contributed by atoms with Gasteiger partial charge in [0, 0.05) is 18.6 Å². The minimum atomic E-state index is -4.10. The van der Waals surface area contributed by atoms with Crippen molar-refractivity contribution in [3.05, 3.63) is 28.3 Å². The van der Waals surface area contributed by atoms with Crippen molar-refractivity contribution >= 4 is 15.7 Å². The molecule has 0 aromatic heterocycles. The molecule has 1 aliphatic rings. The number of nitro benzene ring substituents is 1. The Balaban J connectivity index is 2.39. The summed E-state index contributed by atoms with van der Waals surface area (Å²) in [5.74, 6) is 0.00333. The third-order valence-corrected chi connectivity index (χ3v) is 3.56. The molecular formula is C10H12N2O6S. The van der Waals surface area contributed by atoms with E-state index in [1.54, 1.807) is 0 Å². The lowest BCUT2D eigenvalue weighted by molar-refractivity contribution is -0.385. The summed E-state index contributed by atoms with van der Waals surface area (Å²) in [6, 6.07) is 3.29. The molecule has 1 saturated heterocycles. The Labute approximate surface area is 109 Å². The normalized spacial score (nSPS) is 19.3. The number of rotatable bonds is 4. The van der Waals surface area contributed by atoms with Gasteiger partial charge in [-0.25, -0.2) is 13.6 Å². The lowest BCUT2D eigenvalue weighted by Crippen LogP contribution is -2.20. The van der Waals surface area contributed by atoms with Crippen molar-refractivity contribution in [2.45, 2.75) is 17.4 Å². The summed E-state index contributed by atoms with van der Waals surface area (Å²) in [5, 5.41) is 15.7. The molecule has 1 aromatic carbocycles. The van der Waals surface area contributed by atoms with Gasteiger partial charge in [0.2, 0.25) is 10.0 Å². The first-order valence-electron chi connectivity index (χ1n) is 5.43. The summed E-state index contributed by atoms with van der Waals surface area (Å²) in [6.45, 7) is 0.878. The van der Waals surface area contributed by atoms with Crippen LogP contribution in [0.5, 0.6) is 5.75 Å². The van der Waals surface area contributed by atoms with E-state index in [4.69, 9.17) is 14.6 Å². The number of primary sulfonamides is 1. The third kappa shape index (κ3) is 3.19. The van der Waals surface area contributed by atoms with Gasteiger partial charge in [-0.1, -0.05) is 0 Å². The molecule has 1 atom stereocenters. The molecule has 1 fully saturated rings. The molecule has 104 valence electrons. The first-order chi connectivity index (χ1) is 8.88. The maximum atomic E-state index is 11.4. The van der Waals surface area contributed by atoms with Crippen molar-refractivity contribution in [1.29, 1.82) is 0 Å². The Morgan fingerprint density at radius 3 is 2.74 bits per heavy atom. The van der Waals surface area contributed by atoms with E-state index in [0.29, 0.717) is 19.6 Å². The van der Waals surface area contributed by atoms with Crippen molar-refractivity contribution in [1.82, 2.24) is 0 Å². The molecule has 1 aliphatic heterocycles. The topological polar surface area (TPSA) is 122 Å². The van der Waals surface area contributed by atoms with Crippen LogP contribution in [0.4, 0.5) is 5.69 Å². The molecule has 0 radical (unpaired) electrons. The van der Waals surface area contributed by atoms with Crippen LogP contribution in [-0.4, -0.2) is 32.7 Å². The minimum absolute atomic E-state index is 0.00333. The second-order valence-electron chi connectivity index (χ2n) is 4.04. The molecule has 2 rings (SSSR count). The van der Waals surface area contributed by atoms with E-state index in [9.17, 15) is 18.5 Å². The lowest BCUT2D eigenvalue weighted by Gasteiger charge is -2.14. The van der Waals surface area contributed by atoms with Gasteiger partial charge in [0.05, 0.1) is 18.1 Å². The summed E-state index contributed by atoms with van der Waals surface area (Å²) in [6.07, 6.45) is 0.350. The van der Waals surface area contributed by atoms with Gasteiger partial charge in [-0.2, -0.15) is 0 Å². The second-order valence-corrected chi connectivity index (χ2v) is 5.57. The van der Waals surface area contributed by atoms with Crippen LogP contribution in [0.2, 0.25) is 0 Å². The van der Waals surface area contributed by atoms with E-state index in [1.165, 1.54) is 12.1 Å². The average molecular weight is 288 g/mol. The maximum Gasteiger partial charge on any atom is 0.271 e. The van der Waals surface area contributed by atoms with Crippen molar-refractivity contribution in [3.8, 4) is 5.75 Å². The molecule has 0 amide bonds. The van der Waals surface area contributed by atoms with Crippen molar-refractivity contribution in [3.63, 3.8) is 0 Å². The predicted octanol–water partition coefficient (Wildman–Crippen LogP) is 0.410. The Bertz CT molecular complexity index is 594. The molecule has 0 aliphatic carbocycles. The maximum absolute atomic E-state index is 11.4. The summed E-state index contributed by atoms with van der Waals surface area (Å²) in [5.41, 5.74) is -0.362. The third-order valence-electron chi connectivity index (χ3n) is 2.63. The van der Waals surface area contributed by atoms with E-state index in [0.717, 1.165) is 6.07 Å². The monoisotopic (exact) mass is 288 g/mol. The number of sulfonamides is 1. The fourth-order valence-corrected chi connectivity index (χ4v) is 2.40. The zero-order valence-corrected chi connectivity index (χ0v) is 10.6. The number of hydrogen-bond acceptors (Lipinski definition) is 6. The SMILES string of the molecule is NS(=O)(=O)c1cc([N+](=O)[O-])ccc1OC1CCOC1. The predicted molar refractivity (Wildman–Crippen MR) is 64.3 cm³/mol. The summed E-state index contributed by atoms with van der Waals surface area (Å²) in [7, 11) is -4.10. The van der Waals surface area contributed by atoms with Gasteiger partial charge >= 0.3 is 0 Å². The zero-order valence-electron chi connectivity index (χ0n) is 9.81. The summed E-state index contributed by atoms with van der Waals surface area (Å²) in [4.78, 5) is 9.55. The van der Waals surface area contributed by atoms with Gasteiger partial charge in [-0.15, -0.1) is 0 Å². The number of ether oxygens (including phenoxy) is 2. The van der Waals surface area contributed by atoms with Crippen LogP contribution in [0.25, 0.3) is 0 Å². The van der Waals surface area contributed by atoms with Crippen LogP contribution in [0.15, 0.2) is 23.1 Å². The Morgan fingerprint density at radius 2 is 2.21 bits per heavy atom. The van der Waals surface area contributed by atoms with E-state index in [2.05, 4.69) is 0 Å². The lowest BCUT2D eigenvalue weighted by atomic mass is 10.3. The number of nitro groups is 1. The smallest absolute Gasteiger partial charge is 0.271 e. The fourth-order valence-electron chi connectivity index (χ4n) is 1.72. The molecule has 1 aromatic rings. The Kier molecular flexibility index (Phi) is 3.69. The highest BCUT2D eigenvalue weighted by Crippen LogP contribution is 2.29. The Morgan fingerprint density at radius 1 is 1.47 bits per heavy atom. The van der Waals surface area contributed by atoms with Crippen LogP contribution in [-0.2, 0) is 14.8 Å². The number of nitrogens with zero attached hydrogens (tertiary/aromatic N) is 1. The summed E-state index contributed by atoms with van der Waals surface area (Å²) >= 11 is 0. The summed E-state index contributed by atoms with van der Waals surface area (Å²) < 4.78 is 33.5. The Hall–Kier alpha value is -1.71. The molecule has 1 unspecified atom stereocenters. The van der Waals surface area contributed by atoms with Gasteiger partial charge in [0.15, 0.2) is 0 Å². The highest BCUT2D eigenvalue weighted by Gasteiger charge is 2.24. The van der Waals surface area contributed by atoms with Crippen molar-refractivity contribution in [2.75, 3.05) is 13.2 Å². The van der Waals surface area contributed by atoms with Crippen LogP contribution >= 0.6 is 0 Å². The molecule has 0 saturated carbocycles. The average Bonchev–Trinajstić information content (AvgIpc) is 2.80. The molecular weight excluding hydrogens is 276 g/mol. The molecule has 1 heterocycles. The number of hydrogen-bond donors (Lipinski definition) is 1. The van der Waals surface area contributed by atoms with Crippen LogP contribution in [0.3, 0.4) is 0 Å². The number of benzene rings is 1. The zero-order chi connectivity index (χ0) is 14.0. The van der Waals surface area contributed by atoms with Crippen LogP contribution < -0.4 is 9.88 Å². The van der Waals surface area contributed by atoms with Crippen LogP contribution in [0.1, 0.15) is 6.42 Å². The van der Waals surface area contributed by atoms with Crippen molar-refractivity contribution < 1.29 is 22.8 Å². The van der Waals surface area contributed by atoms with Gasteiger partial charge < -0.3 is 9.47 Å². The first-order valence-corrected chi connectivity index (χ1v) is 6.98. The molecule has 8 nitrogen and oxygen atoms in total.